The lowest BCUT2D eigenvalue weighted by Gasteiger charge is -2.13. The van der Waals surface area contributed by atoms with E-state index in [1.807, 2.05) is 30.3 Å². The maximum absolute atomic E-state index is 5.39. The van der Waals surface area contributed by atoms with E-state index in [9.17, 15) is 0 Å². The highest BCUT2D eigenvalue weighted by Gasteiger charge is 2.05. The summed E-state index contributed by atoms with van der Waals surface area (Å²) in [5.41, 5.74) is 2.40. The zero-order valence-electron chi connectivity index (χ0n) is 17.7. The number of benzene rings is 2. The molecule has 160 valence electrons. The van der Waals surface area contributed by atoms with Crippen molar-refractivity contribution in [3.8, 4) is 17.2 Å². The minimum absolute atomic E-state index is 0. The minimum Gasteiger partial charge on any atom is -0.496 e. The van der Waals surface area contributed by atoms with Gasteiger partial charge in [-0.3, -0.25) is 4.99 Å². The number of guanidine groups is 1. The number of halogens is 1. The molecule has 0 bridgehead atoms. The van der Waals surface area contributed by atoms with Crippen LogP contribution in [0, 0.1) is 0 Å². The summed E-state index contributed by atoms with van der Waals surface area (Å²) in [5.74, 6) is 3.25. The second-order valence-electron chi connectivity index (χ2n) is 6.28. The van der Waals surface area contributed by atoms with Crippen LogP contribution in [0.25, 0.3) is 0 Å². The highest BCUT2D eigenvalue weighted by molar-refractivity contribution is 14.0. The molecule has 2 aromatic rings. The molecule has 0 aromatic heterocycles. The first-order chi connectivity index (χ1) is 13.7. The van der Waals surface area contributed by atoms with Crippen LogP contribution in [-0.2, 0) is 12.8 Å². The van der Waals surface area contributed by atoms with Crippen molar-refractivity contribution in [1.82, 2.24) is 10.6 Å². The molecule has 0 unspecified atom stereocenters. The average molecular weight is 513 g/mol. The van der Waals surface area contributed by atoms with Crippen LogP contribution in [-0.4, -0.2) is 47.4 Å². The van der Waals surface area contributed by atoms with Crippen molar-refractivity contribution < 1.29 is 14.2 Å². The van der Waals surface area contributed by atoms with Gasteiger partial charge >= 0.3 is 0 Å². The topological polar surface area (TPSA) is 64.1 Å². The maximum atomic E-state index is 5.39. The Morgan fingerprint density at radius 1 is 0.828 bits per heavy atom. The SMILES string of the molecule is CN=C(NCCCc1ccc(OC)c(OC)c1)NCCc1ccccc1OC.I. The molecule has 0 saturated heterocycles. The molecule has 0 saturated carbocycles. The van der Waals surface area contributed by atoms with E-state index in [4.69, 9.17) is 14.2 Å². The van der Waals surface area contributed by atoms with Crippen LogP contribution in [0.15, 0.2) is 47.5 Å². The first-order valence-corrected chi connectivity index (χ1v) is 9.49. The number of hydrogen-bond donors (Lipinski definition) is 2. The molecule has 0 amide bonds. The molecule has 0 heterocycles. The van der Waals surface area contributed by atoms with Crippen LogP contribution >= 0.6 is 24.0 Å². The lowest BCUT2D eigenvalue weighted by atomic mass is 10.1. The smallest absolute Gasteiger partial charge is 0.190 e. The summed E-state index contributed by atoms with van der Waals surface area (Å²) in [4.78, 5) is 4.28. The number of methoxy groups -OCH3 is 3. The second kappa shape index (κ2) is 13.9. The van der Waals surface area contributed by atoms with Crippen LogP contribution in [0.4, 0.5) is 0 Å². The van der Waals surface area contributed by atoms with Crippen molar-refractivity contribution in [3.63, 3.8) is 0 Å². The Morgan fingerprint density at radius 3 is 2.21 bits per heavy atom. The molecule has 0 aliphatic heterocycles. The van der Waals surface area contributed by atoms with Crippen LogP contribution in [0.3, 0.4) is 0 Å². The van der Waals surface area contributed by atoms with Crippen molar-refractivity contribution in [3.05, 3.63) is 53.6 Å². The van der Waals surface area contributed by atoms with Gasteiger partial charge in [-0.2, -0.15) is 0 Å². The predicted molar refractivity (Wildman–Crippen MR) is 129 cm³/mol. The van der Waals surface area contributed by atoms with Gasteiger partial charge in [0.05, 0.1) is 21.3 Å². The highest BCUT2D eigenvalue weighted by Crippen LogP contribution is 2.27. The fraction of sp³-hybridized carbons (Fsp3) is 0.409. The van der Waals surface area contributed by atoms with E-state index in [1.165, 1.54) is 11.1 Å². The lowest BCUT2D eigenvalue weighted by Crippen LogP contribution is -2.38. The zero-order valence-corrected chi connectivity index (χ0v) is 20.0. The number of ether oxygens (including phenoxy) is 3. The van der Waals surface area contributed by atoms with E-state index in [2.05, 4.69) is 27.8 Å². The van der Waals surface area contributed by atoms with Crippen molar-refractivity contribution in [1.29, 1.82) is 0 Å². The number of aliphatic imine (C=N–C) groups is 1. The Balaban J connectivity index is 0.00000420. The van der Waals surface area contributed by atoms with Crippen LogP contribution in [0.5, 0.6) is 17.2 Å². The van der Waals surface area contributed by atoms with Crippen LogP contribution in [0.2, 0.25) is 0 Å². The third kappa shape index (κ3) is 8.00. The summed E-state index contributed by atoms with van der Waals surface area (Å²) in [6, 6.07) is 14.1. The monoisotopic (exact) mass is 513 g/mol. The summed E-state index contributed by atoms with van der Waals surface area (Å²) in [6.45, 7) is 1.62. The van der Waals surface area contributed by atoms with Crippen LogP contribution in [0.1, 0.15) is 17.5 Å². The average Bonchev–Trinajstić information content (AvgIpc) is 2.75. The summed E-state index contributed by atoms with van der Waals surface area (Å²) in [5, 5.41) is 6.71. The third-order valence-corrected chi connectivity index (χ3v) is 4.49. The lowest BCUT2D eigenvalue weighted by molar-refractivity contribution is 0.354. The Labute approximate surface area is 191 Å². The van der Waals surface area contributed by atoms with E-state index < -0.39 is 0 Å². The fourth-order valence-corrected chi connectivity index (χ4v) is 2.98. The summed E-state index contributed by atoms with van der Waals surface area (Å²) in [7, 11) is 6.79. The number of nitrogens with one attached hydrogen (secondary N) is 2. The first-order valence-electron chi connectivity index (χ1n) is 9.49. The molecule has 0 spiro atoms. The molecule has 0 atom stereocenters. The van der Waals surface area contributed by atoms with Gasteiger partial charge < -0.3 is 24.8 Å². The molecular weight excluding hydrogens is 481 g/mol. The molecule has 0 fully saturated rings. The highest BCUT2D eigenvalue weighted by atomic mass is 127. The van der Waals surface area contributed by atoms with E-state index >= 15 is 0 Å². The molecule has 0 aliphatic carbocycles. The zero-order chi connectivity index (χ0) is 20.2. The number of aryl methyl sites for hydroxylation is 1. The van der Waals surface area contributed by atoms with Gasteiger partial charge in [0.2, 0.25) is 0 Å². The van der Waals surface area contributed by atoms with Crippen molar-refractivity contribution >= 4 is 29.9 Å². The maximum Gasteiger partial charge on any atom is 0.190 e. The summed E-state index contributed by atoms with van der Waals surface area (Å²) in [6.07, 6.45) is 2.81. The van der Waals surface area contributed by atoms with Gasteiger partial charge in [0, 0.05) is 20.1 Å². The number of rotatable bonds is 10. The van der Waals surface area contributed by atoms with Gasteiger partial charge in [-0.25, -0.2) is 0 Å². The molecule has 2 aromatic carbocycles. The third-order valence-electron chi connectivity index (χ3n) is 4.49. The Bertz CT molecular complexity index is 769. The van der Waals surface area contributed by atoms with E-state index in [-0.39, 0.29) is 24.0 Å². The van der Waals surface area contributed by atoms with E-state index in [0.717, 1.165) is 55.6 Å². The normalized spacial score (nSPS) is 10.7. The number of hydrogen-bond acceptors (Lipinski definition) is 4. The molecular formula is C22H32IN3O3. The molecule has 2 N–H and O–H groups in total. The fourth-order valence-electron chi connectivity index (χ4n) is 2.98. The van der Waals surface area contributed by atoms with E-state index in [0.29, 0.717) is 0 Å². The summed E-state index contributed by atoms with van der Waals surface area (Å²) >= 11 is 0. The predicted octanol–water partition coefficient (Wildman–Crippen LogP) is 3.67. The Hall–Kier alpha value is -2.16. The molecule has 2 rings (SSSR count). The Kier molecular flexibility index (Phi) is 11.9. The van der Waals surface area contributed by atoms with Crippen molar-refractivity contribution in [2.75, 3.05) is 41.5 Å². The van der Waals surface area contributed by atoms with E-state index in [1.54, 1.807) is 28.4 Å². The first kappa shape index (κ1) is 24.9. The van der Waals surface area contributed by atoms with Crippen molar-refractivity contribution in [2.45, 2.75) is 19.3 Å². The molecule has 0 radical (unpaired) electrons. The van der Waals surface area contributed by atoms with Gasteiger partial charge in [-0.1, -0.05) is 24.3 Å². The second-order valence-corrected chi connectivity index (χ2v) is 6.28. The van der Waals surface area contributed by atoms with Gasteiger partial charge in [0.1, 0.15) is 5.75 Å². The molecule has 0 aliphatic rings. The number of nitrogens with zero attached hydrogens (tertiary/aromatic N) is 1. The quantitative estimate of drug-likeness (QED) is 0.220. The Morgan fingerprint density at radius 2 is 1.52 bits per heavy atom. The largest absolute Gasteiger partial charge is 0.496 e. The standard InChI is InChI=1S/C22H31N3O3.HI/c1-23-22(25-15-13-18-9-5-6-10-19(18)26-2)24-14-7-8-17-11-12-20(27-3)21(16-17)28-4;/h5-6,9-12,16H,7-8,13-15H2,1-4H3,(H2,23,24,25);1H. The number of para-hydroxylation sites is 1. The van der Waals surface area contributed by atoms with Gasteiger partial charge in [0.15, 0.2) is 17.5 Å². The molecule has 6 nitrogen and oxygen atoms in total. The molecule has 7 heteroatoms. The molecule has 29 heavy (non-hydrogen) atoms. The van der Waals surface area contributed by atoms with Crippen molar-refractivity contribution in [2.24, 2.45) is 4.99 Å². The summed E-state index contributed by atoms with van der Waals surface area (Å²) < 4.78 is 16.0. The minimum atomic E-state index is 0. The van der Waals surface area contributed by atoms with Gasteiger partial charge in [0.25, 0.3) is 0 Å². The van der Waals surface area contributed by atoms with Gasteiger partial charge in [-0.05, 0) is 48.6 Å². The van der Waals surface area contributed by atoms with Crippen LogP contribution < -0.4 is 24.8 Å². The van der Waals surface area contributed by atoms with Gasteiger partial charge in [-0.15, -0.1) is 24.0 Å².